The predicted molar refractivity (Wildman–Crippen MR) is 139 cm³/mol. The van der Waals surface area contributed by atoms with Crippen molar-refractivity contribution in [1.29, 1.82) is 0 Å². The predicted octanol–water partition coefficient (Wildman–Crippen LogP) is 3.56. The maximum Gasteiger partial charge on any atom is 0.338 e. The lowest BCUT2D eigenvalue weighted by Crippen LogP contribution is -2.37. The number of esters is 2. The zero-order valence-electron chi connectivity index (χ0n) is 20.1. The fourth-order valence-corrected chi connectivity index (χ4v) is 4.07. The molecule has 2 aromatic carbocycles. The van der Waals surface area contributed by atoms with Crippen LogP contribution in [0.5, 0.6) is 0 Å². The summed E-state index contributed by atoms with van der Waals surface area (Å²) in [6.07, 6.45) is 1.45. The van der Waals surface area contributed by atoms with Gasteiger partial charge in [-0.05, 0) is 74.6 Å². The van der Waals surface area contributed by atoms with Crippen LogP contribution < -0.4 is 10.2 Å². The first-order valence-electron chi connectivity index (χ1n) is 11.4. The molecule has 1 atom stereocenters. The first-order valence-corrected chi connectivity index (χ1v) is 11.8. The van der Waals surface area contributed by atoms with Crippen molar-refractivity contribution in [3.8, 4) is 0 Å². The number of hydrogen-bond acceptors (Lipinski definition) is 7. The number of rotatable bonds is 10. The van der Waals surface area contributed by atoms with Gasteiger partial charge in [-0.15, -0.1) is 6.58 Å². The minimum atomic E-state index is -0.834. The summed E-state index contributed by atoms with van der Waals surface area (Å²) in [5, 5.41) is 2.98. The minimum absolute atomic E-state index is 0.149. The van der Waals surface area contributed by atoms with E-state index in [9.17, 15) is 19.2 Å². The summed E-state index contributed by atoms with van der Waals surface area (Å²) in [5.41, 5.74) is 1.67. The Kier molecular flexibility index (Phi) is 8.91. The molecule has 0 aromatic heterocycles. The summed E-state index contributed by atoms with van der Waals surface area (Å²) in [6, 6.07) is 11.8. The second kappa shape index (κ2) is 12.1. The van der Waals surface area contributed by atoms with Crippen molar-refractivity contribution in [3.05, 3.63) is 72.3 Å². The zero-order chi connectivity index (χ0) is 26.2. The highest BCUT2D eigenvalue weighted by molar-refractivity contribution is 7.80. The fourth-order valence-electron chi connectivity index (χ4n) is 3.67. The van der Waals surface area contributed by atoms with Gasteiger partial charge in [-0.2, -0.15) is 0 Å². The van der Waals surface area contributed by atoms with Crippen molar-refractivity contribution in [2.24, 2.45) is 0 Å². The van der Waals surface area contributed by atoms with Crippen LogP contribution in [0.25, 0.3) is 0 Å². The number of thiocarbonyl (C=S) groups is 1. The van der Waals surface area contributed by atoms with Crippen molar-refractivity contribution in [3.63, 3.8) is 0 Å². The summed E-state index contributed by atoms with van der Waals surface area (Å²) in [4.78, 5) is 52.8. The van der Waals surface area contributed by atoms with E-state index in [4.69, 9.17) is 21.7 Å². The molecule has 0 spiro atoms. The van der Waals surface area contributed by atoms with Crippen LogP contribution in [0.3, 0.4) is 0 Å². The highest BCUT2D eigenvalue weighted by Gasteiger charge is 2.43. The third-order valence-electron chi connectivity index (χ3n) is 5.34. The lowest BCUT2D eigenvalue weighted by atomic mass is 10.1. The lowest BCUT2D eigenvalue weighted by Gasteiger charge is -2.22. The molecule has 2 amide bonds. The first-order chi connectivity index (χ1) is 17.3. The highest BCUT2D eigenvalue weighted by atomic mass is 32.1. The number of anilines is 2. The summed E-state index contributed by atoms with van der Waals surface area (Å²) in [7, 11) is 0. The fraction of sp³-hybridized carbons (Fsp3) is 0.269. The second-order valence-corrected chi connectivity index (χ2v) is 8.10. The van der Waals surface area contributed by atoms with Crippen molar-refractivity contribution in [2.45, 2.75) is 26.3 Å². The number of carbonyl (C=O) groups excluding carboxylic acids is 4. The Balaban J connectivity index is 1.73. The Morgan fingerprint density at radius 1 is 0.972 bits per heavy atom. The van der Waals surface area contributed by atoms with E-state index in [2.05, 4.69) is 11.9 Å². The summed E-state index contributed by atoms with van der Waals surface area (Å²) in [6.45, 7) is 7.96. The molecule has 0 aliphatic carbocycles. The smallest absolute Gasteiger partial charge is 0.338 e. The Morgan fingerprint density at radius 3 is 2.00 bits per heavy atom. The molecule has 36 heavy (non-hydrogen) atoms. The molecule has 1 saturated heterocycles. The quantitative estimate of drug-likeness (QED) is 0.295. The van der Waals surface area contributed by atoms with Gasteiger partial charge in [0.05, 0.1) is 36.4 Å². The number of hydrogen-bond donors (Lipinski definition) is 1. The Bertz CT molecular complexity index is 1160. The average molecular weight is 510 g/mol. The molecule has 2 aromatic rings. The summed E-state index contributed by atoms with van der Waals surface area (Å²) < 4.78 is 9.94. The highest BCUT2D eigenvalue weighted by Crippen LogP contribution is 2.28. The van der Waals surface area contributed by atoms with Gasteiger partial charge in [0.2, 0.25) is 5.91 Å². The first kappa shape index (κ1) is 26.6. The van der Waals surface area contributed by atoms with Crippen LogP contribution in [0.2, 0.25) is 0 Å². The normalized spacial score (nSPS) is 15.0. The molecule has 188 valence electrons. The van der Waals surface area contributed by atoms with Gasteiger partial charge in [-0.25, -0.2) is 9.59 Å². The van der Waals surface area contributed by atoms with Gasteiger partial charge in [0, 0.05) is 12.2 Å². The Labute approximate surface area is 214 Å². The molecule has 1 aliphatic heterocycles. The molecule has 3 rings (SSSR count). The van der Waals surface area contributed by atoms with E-state index in [-0.39, 0.29) is 37.2 Å². The molecule has 1 N–H and O–H groups in total. The lowest BCUT2D eigenvalue weighted by molar-refractivity contribution is -0.124. The van der Waals surface area contributed by atoms with Crippen LogP contribution in [0.15, 0.2) is 61.2 Å². The number of carbonyl (C=O) groups is 4. The maximum atomic E-state index is 13.3. The van der Waals surface area contributed by atoms with Crippen LogP contribution in [0.4, 0.5) is 11.4 Å². The summed E-state index contributed by atoms with van der Waals surface area (Å²) in [5.74, 6) is -1.67. The van der Waals surface area contributed by atoms with Gasteiger partial charge in [0.25, 0.3) is 5.91 Å². The topological polar surface area (TPSA) is 105 Å². The van der Waals surface area contributed by atoms with E-state index < -0.39 is 23.9 Å². The molecule has 9 nitrogen and oxygen atoms in total. The van der Waals surface area contributed by atoms with E-state index in [1.807, 2.05) is 0 Å². The second-order valence-electron chi connectivity index (χ2n) is 7.73. The van der Waals surface area contributed by atoms with Crippen molar-refractivity contribution >= 4 is 52.5 Å². The standard InChI is InChI=1S/C26H27N3O6S/c1-4-15-28-21(16-22(30)27-19-11-7-17(8-12-19)24(32)34-5-2)23(31)29(26(28)36)20-13-9-18(10-14-20)25(33)35-6-3/h4,7-14,21H,1,5-6,15-16H2,2-3H3,(H,27,30)/t21-/m1/s1. The number of nitrogens with one attached hydrogen (secondary N) is 1. The van der Waals surface area contributed by atoms with Gasteiger partial charge < -0.3 is 19.7 Å². The Morgan fingerprint density at radius 2 is 1.50 bits per heavy atom. The molecular weight excluding hydrogens is 482 g/mol. The van der Waals surface area contributed by atoms with Crippen LogP contribution in [0.1, 0.15) is 41.0 Å². The van der Waals surface area contributed by atoms with Gasteiger partial charge in [-0.3, -0.25) is 14.5 Å². The van der Waals surface area contributed by atoms with E-state index in [1.54, 1.807) is 73.4 Å². The van der Waals surface area contributed by atoms with Crippen LogP contribution in [-0.2, 0) is 19.1 Å². The monoisotopic (exact) mass is 509 g/mol. The van der Waals surface area contributed by atoms with E-state index in [0.29, 0.717) is 22.5 Å². The largest absolute Gasteiger partial charge is 0.462 e. The van der Waals surface area contributed by atoms with Gasteiger partial charge in [-0.1, -0.05) is 6.08 Å². The number of ether oxygens (including phenoxy) is 2. The number of benzene rings is 2. The van der Waals surface area contributed by atoms with Crippen LogP contribution in [-0.4, -0.2) is 59.6 Å². The average Bonchev–Trinajstić information content (AvgIpc) is 3.09. The van der Waals surface area contributed by atoms with Crippen molar-refractivity contribution < 1.29 is 28.7 Å². The van der Waals surface area contributed by atoms with Gasteiger partial charge in [0.1, 0.15) is 6.04 Å². The minimum Gasteiger partial charge on any atom is -0.462 e. The zero-order valence-corrected chi connectivity index (χ0v) is 20.9. The third-order valence-corrected chi connectivity index (χ3v) is 5.76. The van der Waals surface area contributed by atoms with Gasteiger partial charge in [0.15, 0.2) is 5.11 Å². The molecule has 1 aliphatic rings. The van der Waals surface area contributed by atoms with E-state index in [0.717, 1.165) is 0 Å². The van der Waals surface area contributed by atoms with Crippen LogP contribution >= 0.6 is 12.2 Å². The molecule has 0 saturated carbocycles. The Hall–Kier alpha value is -4.05. The number of nitrogens with zero attached hydrogens (tertiary/aromatic N) is 2. The molecule has 1 heterocycles. The van der Waals surface area contributed by atoms with Crippen molar-refractivity contribution in [2.75, 3.05) is 30.0 Å². The molecule has 0 unspecified atom stereocenters. The molecule has 10 heteroatoms. The SMILES string of the molecule is C=CCN1C(=S)N(c2ccc(C(=O)OCC)cc2)C(=O)[C@H]1CC(=O)Nc1ccc(C(=O)OCC)cc1. The van der Waals surface area contributed by atoms with E-state index >= 15 is 0 Å². The molecule has 0 radical (unpaired) electrons. The van der Waals surface area contributed by atoms with Crippen molar-refractivity contribution in [1.82, 2.24) is 4.90 Å². The van der Waals surface area contributed by atoms with E-state index in [1.165, 1.54) is 4.90 Å². The molecular formula is C26H27N3O6S. The van der Waals surface area contributed by atoms with Gasteiger partial charge >= 0.3 is 11.9 Å². The van der Waals surface area contributed by atoms with Crippen LogP contribution in [0, 0.1) is 0 Å². The molecule has 1 fully saturated rings. The third kappa shape index (κ3) is 5.95. The maximum absolute atomic E-state index is 13.3. The number of amides is 2. The summed E-state index contributed by atoms with van der Waals surface area (Å²) >= 11 is 5.55. The molecule has 0 bridgehead atoms.